The van der Waals surface area contributed by atoms with Gasteiger partial charge in [-0.3, -0.25) is 9.59 Å². The lowest BCUT2D eigenvalue weighted by Crippen LogP contribution is -2.28. The van der Waals surface area contributed by atoms with Crippen LogP contribution in [0, 0.1) is 0 Å². The Labute approximate surface area is 117 Å². The van der Waals surface area contributed by atoms with Crippen LogP contribution in [0.25, 0.3) is 0 Å². The second-order valence-electron chi connectivity index (χ2n) is 4.21. The summed E-state index contributed by atoms with van der Waals surface area (Å²) < 4.78 is 6.11. The summed E-state index contributed by atoms with van der Waals surface area (Å²) in [4.78, 5) is 27.0. The molecule has 0 unspecified atom stereocenters. The van der Waals surface area contributed by atoms with Crippen molar-refractivity contribution in [3.05, 3.63) is 12.0 Å². The van der Waals surface area contributed by atoms with Crippen molar-refractivity contribution in [1.29, 1.82) is 0 Å². The Morgan fingerprint density at radius 3 is 2.85 bits per heavy atom. The SMILES string of the molecule is COC(=O)CCNC(=O)c1nc(NCCCN)cn1C. The predicted octanol–water partition coefficient (Wildman–Crippen LogP) is -0.526. The second kappa shape index (κ2) is 8.16. The number of hydrogen-bond donors (Lipinski definition) is 3. The maximum Gasteiger partial charge on any atom is 0.307 e. The van der Waals surface area contributed by atoms with E-state index >= 15 is 0 Å². The molecule has 0 aromatic carbocycles. The lowest BCUT2D eigenvalue weighted by Gasteiger charge is -2.03. The smallest absolute Gasteiger partial charge is 0.307 e. The highest BCUT2D eigenvalue weighted by molar-refractivity contribution is 5.91. The molecule has 0 fully saturated rings. The van der Waals surface area contributed by atoms with Crippen LogP contribution in [-0.4, -0.2) is 48.2 Å². The molecule has 1 aromatic rings. The molecule has 1 aromatic heterocycles. The van der Waals surface area contributed by atoms with E-state index in [-0.39, 0.29) is 30.7 Å². The highest BCUT2D eigenvalue weighted by atomic mass is 16.5. The van der Waals surface area contributed by atoms with Crippen molar-refractivity contribution in [3.63, 3.8) is 0 Å². The topological polar surface area (TPSA) is 111 Å². The first-order chi connectivity index (χ1) is 9.58. The maximum absolute atomic E-state index is 11.9. The van der Waals surface area contributed by atoms with Crippen molar-refractivity contribution >= 4 is 17.7 Å². The highest BCUT2D eigenvalue weighted by Crippen LogP contribution is 2.06. The Hall–Kier alpha value is -2.09. The molecule has 20 heavy (non-hydrogen) atoms. The Bertz CT molecular complexity index is 458. The normalized spacial score (nSPS) is 10.2. The summed E-state index contributed by atoms with van der Waals surface area (Å²) in [5.74, 6) is 0.210. The number of imidazole rings is 1. The Morgan fingerprint density at radius 2 is 2.20 bits per heavy atom. The van der Waals surface area contributed by atoms with E-state index in [4.69, 9.17) is 5.73 Å². The van der Waals surface area contributed by atoms with E-state index in [1.165, 1.54) is 7.11 Å². The van der Waals surface area contributed by atoms with Crippen LogP contribution >= 0.6 is 0 Å². The number of nitrogens with two attached hydrogens (primary N) is 1. The van der Waals surface area contributed by atoms with Crippen LogP contribution in [0.5, 0.6) is 0 Å². The average Bonchev–Trinajstić information content (AvgIpc) is 2.80. The number of ether oxygens (including phenoxy) is 1. The van der Waals surface area contributed by atoms with Gasteiger partial charge in [-0.1, -0.05) is 0 Å². The first-order valence-corrected chi connectivity index (χ1v) is 6.40. The maximum atomic E-state index is 11.9. The van der Waals surface area contributed by atoms with E-state index in [1.54, 1.807) is 17.8 Å². The number of anilines is 1. The summed E-state index contributed by atoms with van der Waals surface area (Å²) in [6.07, 6.45) is 2.69. The standard InChI is InChI=1S/C12H21N5O3/c1-17-8-9(14-6-3-5-13)16-11(17)12(19)15-7-4-10(18)20-2/h8,14H,3-7,13H2,1-2H3,(H,15,19). The second-order valence-corrected chi connectivity index (χ2v) is 4.21. The van der Waals surface area contributed by atoms with Crippen LogP contribution < -0.4 is 16.4 Å². The average molecular weight is 283 g/mol. The molecular formula is C12H21N5O3. The van der Waals surface area contributed by atoms with Crippen LogP contribution in [0.1, 0.15) is 23.5 Å². The molecule has 0 bridgehead atoms. The van der Waals surface area contributed by atoms with Crippen LogP contribution in [-0.2, 0) is 16.6 Å². The van der Waals surface area contributed by atoms with Crippen molar-refractivity contribution in [3.8, 4) is 0 Å². The fraction of sp³-hybridized carbons (Fsp3) is 0.583. The number of rotatable bonds is 8. The third-order valence-corrected chi connectivity index (χ3v) is 2.61. The predicted molar refractivity (Wildman–Crippen MR) is 74.3 cm³/mol. The minimum Gasteiger partial charge on any atom is -0.469 e. The molecule has 0 saturated heterocycles. The molecule has 0 saturated carbocycles. The molecular weight excluding hydrogens is 262 g/mol. The quantitative estimate of drug-likeness (QED) is 0.437. The van der Waals surface area contributed by atoms with E-state index in [2.05, 4.69) is 20.4 Å². The molecule has 0 aliphatic rings. The number of methoxy groups -OCH3 is 1. The largest absolute Gasteiger partial charge is 0.469 e. The fourth-order valence-electron chi connectivity index (χ4n) is 1.54. The monoisotopic (exact) mass is 283 g/mol. The van der Waals surface area contributed by atoms with E-state index in [9.17, 15) is 9.59 Å². The van der Waals surface area contributed by atoms with Crippen molar-refractivity contribution in [2.75, 3.05) is 32.1 Å². The molecule has 0 aliphatic carbocycles. The Morgan fingerprint density at radius 1 is 1.45 bits per heavy atom. The third kappa shape index (κ3) is 4.88. The molecule has 112 valence electrons. The van der Waals surface area contributed by atoms with Gasteiger partial charge in [0.2, 0.25) is 5.82 Å². The number of nitrogens with one attached hydrogen (secondary N) is 2. The van der Waals surface area contributed by atoms with Crippen LogP contribution in [0.4, 0.5) is 5.82 Å². The minimum atomic E-state index is -0.366. The molecule has 0 radical (unpaired) electrons. The van der Waals surface area contributed by atoms with E-state index < -0.39 is 0 Å². The van der Waals surface area contributed by atoms with E-state index in [1.807, 2.05) is 0 Å². The van der Waals surface area contributed by atoms with Crippen molar-refractivity contribution < 1.29 is 14.3 Å². The zero-order valence-corrected chi connectivity index (χ0v) is 11.8. The summed E-state index contributed by atoms with van der Waals surface area (Å²) in [5.41, 5.74) is 5.40. The van der Waals surface area contributed by atoms with Gasteiger partial charge in [0.05, 0.1) is 13.5 Å². The summed E-state index contributed by atoms with van der Waals surface area (Å²) in [6, 6.07) is 0. The molecule has 1 heterocycles. The Balaban J connectivity index is 2.49. The van der Waals surface area contributed by atoms with Gasteiger partial charge in [0.1, 0.15) is 5.82 Å². The molecule has 4 N–H and O–H groups in total. The summed E-state index contributed by atoms with van der Waals surface area (Å²) in [5, 5.41) is 5.69. The zero-order chi connectivity index (χ0) is 15.0. The lowest BCUT2D eigenvalue weighted by atomic mass is 10.4. The van der Waals surface area contributed by atoms with E-state index in [0.717, 1.165) is 6.42 Å². The molecule has 0 aliphatic heterocycles. The van der Waals surface area contributed by atoms with E-state index in [0.29, 0.717) is 18.9 Å². The number of carbonyl (C=O) groups excluding carboxylic acids is 2. The van der Waals surface area contributed by atoms with Crippen LogP contribution in [0.3, 0.4) is 0 Å². The highest BCUT2D eigenvalue weighted by Gasteiger charge is 2.13. The van der Waals surface area contributed by atoms with Gasteiger partial charge in [-0.2, -0.15) is 0 Å². The van der Waals surface area contributed by atoms with Gasteiger partial charge in [0.25, 0.3) is 5.91 Å². The van der Waals surface area contributed by atoms with Gasteiger partial charge in [-0.25, -0.2) is 4.98 Å². The number of hydrogen-bond acceptors (Lipinski definition) is 6. The van der Waals surface area contributed by atoms with Crippen molar-refractivity contribution in [2.45, 2.75) is 12.8 Å². The molecule has 8 nitrogen and oxygen atoms in total. The first kappa shape index (κ1) is 16.0. The van der Waals surface area contributed by atoms with Gasteiger partial charge in [0.15, 0.2) is 0 Å². The number of carbonyl (C=O) groups is 2. The van der Waals surface area contributed by atoms with Crippen molar-refractivity contribution in [1.82, 2.24) is 14.9 Å². The van der Waals surface area contributed by atoms with Gasteiger partial charge >= 0.3 is 5.97 Å². The minimum absolute atomic E-state index is 0.133. The number of amides is 1. The third-order valence-electron chi connectivity index (χ3n) is 2.61. The molecule has 0 atom stereocenters. The number of esters is 1. The number of aromatic nitrogens is 2. The fourth-order valence-corrected chi connectivity index (χ4v) is 1.54. The van der Waals surface area contributed by atoms with Crippen LogP contribution in [0.2, 0.25) is 0 Å². The molecule has 1 rings (SSSR count). The molecule has 1 amide bonds. The van der Waals surface area contributed by atoms with Gasteiger partial charge < -0.3 is 25.7 Å². The number of nitrogens with zero attached hydrogens (tertiary/aromatic N) is 2. The Kier molecular flexibility index (Phi) is 6.51. The lowest BCUT2D eigenvalue weighted by molar-refractivity contribution is -0.140. The summed E-state index contributed by atoms with van der Waals surface area (Å²) >= 11 is 0. The number of aryl methyl sites for hydroxylation is 1. The zero-order valence-electron chi connectivity index (χ0n) is 11.8. The molecule has 0 spiro atoms. The molecule has 8 heteroatoms. The first-order valence-electron chi connectivity index (χ1n) is 6.40. The van der Waals surface area contributed by atoms with Crippen LogP contribution in [0.15, 0.2) is 6.20 Å². The van der Waals surface area contributed by atoms with Gasteiger partial charge in [-0.05, 0) is 13.0 Å². The van der Waals surface area contributed by atoms with Crippen molar-refractivity contribution in [2.24, 2.45) is 12.8 Å². The summed E-state index contributed by atoms with van der Waals surface area (Å²) in [6.45, 7) is 1.52. The van der Waals surface area contributed by atoms with Gasteiger partial charge in [0, 0.05) is 26.3 Å². The van der Waals surface area contributed by atoms with Gasteiger partial charge in [-0.15, -0.1) is 0 Å². The summed E-state index contributed by atoms with van der Waals surface area (Å²) in [7, 11) is 3.04.